The number of carbonyl (C=O) groups excluding carboxylic acids is 1. The van der Waals surface area contributed by atoms with Gasteiger partial charge in [-0.1, -0.05) is 17.7 Å². The Morgan fingerprint density at radius 1 is 0.964 bits per heavy atom. The Morgan fingerprint density at radius 2 is 1.50 bits per heavy atom. The Kier molecular flexibility index (Phi) is 6.86. The quantitative estimate of drug-likeness (QED) is 0.505. The Hall–Kier alpha value is -2.37. The summed E-state index contributed by atoms with van der Waals surface area (Å²) in [6.45, 7) is 1.36. The summed E-state index contributed by atoms with van der Waals surface area (Å²) in [7, 11) is -8.50. The molecule has 0 atom stereocenters. The number of hydrogen-bond donors (Lipinski definition) is 1. The first-order valence-electron chi connectivity index (χ1n) is 7.89. The van der Waals surface area contributed by atoms with Crippen molar-refractivity contribution in [3.63, 3.8) is 0 Å². The third kappa shape index (κ3) is 5.33. The summed E-state index contributed by atoms with van der Waals surface area (Å²) in [6.07, 6.45) is 0. The maximum atomic E-state index is 12.5. The van der Waals surface area contributed by atoms with Crippen LogP contribution in [0.1, 0.15) is 15.9 Å². The summed E-state index contributed by atoms with van der Waals surface area (Å²) in [5, 5.41) is 0. The van der Waals surface area contributed by atoms with Gasteiger partial charge in [0.25, 0.3) is 0 Å². The summed E-state index contributed by atoms with van der Waals surface area (Å²) in [4.78, 5) is 11.3. The molecule has 0 spiro atoms. The molecule has 2 aromatic rings. The van der Waals surface area contributed by atoms with E-state index < -0.39 is 36.5 Å². The van der Waals surface area contributed by atoms with Gasteiger partial charge in [0.1, 0.15) is 6.61 Å². The molecular weight excluding hydrogens is 416 g/mol. The van der Waals surface area contributed by atoms with Crippen LogP contribution in [0.25, 0.3) is 0 Å². The maximum Gasteiger partial charge on any atom is 0.341 e. The van der Waals surface area contributed by atoms with Crippen molar-refractivity contribution in [2.24, 2.45) is 0 Å². The van der Waals surface area contributed by atoms with Crippen LogP contribution in [0.3, 0.4) is 0 Å². The molecule has 0 aromatic heterocycles. The number of rotatable bonds is 8. The fourth-order valence-electron chi connectivity index (χ4n) is 2.09. The molecule has 0 bridgehead atoms. The van der Waals surface area contributed by atoms with Crippen LogP contribution in [0.2, 0.25) is 0 Å². The van der Waals surface area contributed by atoms with Crippen molar-refractivity contribution in [2.45, 2.75) is 22.5 Å². The molecule has 0 fully saturated rings. The molecule has 0 saturated carbocycles. The summed E-state index contributed by atoms with van der Waals surface area (Å²) >= 11 is 0. The summed E-state index contributed by atoms with van der Waals surface area (Å²) < 4.78 is 78.9. The number of sulfone groups is 1. The van der Waals surface area contributed by atoms with Crippen LogP contribution in [-0.2, 0) is 24.6 Å². The van der Waals surface area contributed by atoms with Crippen LogP contribution in [-0.4, -0.2) is 41.7 Å². The first-order valence-corrected chi connectivity index (χ1v) is 10.9. The lowest BCUT2D eigenvalue weighted by Gasteiger charge is -2.08. The normalized spacial score (nSPS) is 12.1. The zero-order valence-electron chi connectivity index (χ0n) is 14.6. The average Bonchev–Trinajstić information content (AvgIpc) is 2.65. The summed E-state index contributed by atoms with van der Waals surface area (Å²) in [5.74, 6) is -4.41. The van der Waals surface area contributed by atoms with E-state index in [-0.39, 0.29) is 23.6 Å². The second-order valence-electron chi connectivity index (χ2n) is 5.68. The predicted molar refractivity (Wildman–Crippen MR) is 96.3 cm³/mol. The summed E-state index contributed by atoms with van der Waals surface area (Å²) in [6, 6.07) is 9.99. The Bertz CT molecular complexity index is 1030. The number of nitrogens with one attached hydrogen (secondary N) is 1. The highest BCUT2D eigenvalue weighted by atomic mass is 32.2. The van der Waals surface area contributed by atoms with Crippen molar-refractivity contribution in [3.8, 4) is 0 Å². The van der Waals surface area contributed by atoms with Crippen molar-refractivity contribution in [2.75, 3.05) is 13.2 Å². The van der Waals surface area contributed by atoms with Crippen molar-refractivity contribution >= 4 is 25.8 Å². The largest absolute Gasteiger partial charge is 0.461 e. The first kappa shape index (κ1) is 21.9. The SMILES string of the molecule is Cc1ccc(S(=O)(=O)NCCOC(=O)c2ccc(S(=O)(=O)C(F)F)cc2)cc1. The molecule has 0 unspecified atom stereocenters. The van der Waals surface area contributed by atoms with E-state index in [0.717, 1.165) is 29.8 Å². The highest BCUT2D eigenvalue weighted by molar-refractivity contribution is 7.91. The highest BCUT2D eigenvalue weighted by Gasteiger charge is 2.26. The molecule has 0 aliphatic rings. The van der Waals surface area contributed by atoms with Crippen molar-refractivity contribution < 1.29 is 35.1 Å². The van der Waals surface area contributed by atoms with Crippen molar-refractivity contribution in [3.05, 3.63) is 59.7 Å². The number of ether oxygens (including phenoxy) is 1. The van der Waals surface area contributed by atoms with Crippen LogP contribution in [0.15, 0.2) is 58.3 Å². The molecule has 0 saturated heterocycles. The molecule has 0 radical (unpaired) electrons. The van der Waals surface area contributed by atoms with Gasteiger partial charge in [-0.3, -0.25) is 0 Å². The number of carbonyl (C=O) groups is 1. The monoisotopic (exact) mass is 433 g/mol. The van der Waals surface area contributed by atoms with E-state index in [1.807, 2.05) is 6.92 Å². The molecule has 0 aliphatic carbocycles. The molecule has 2 aromatic carbocycles. The molecule has 0 amide bonds. The van der Waals surface area contributed by atoms with E-state index >= 15 is 0 Å². The molecular formula is C17H17F2NO6S2. The van der Waals surface area contributed by atoms with E-state index in [9.17, 15) is 30.4 Å². The second kappa shape index (κ2) is 8.76. The number of hydrogen-bond acceptors (Lipinski definition) is 6. The van der Waals surface area contributed by atoms with Gasteiger partial charge >= 0.3 is 11.7 Å². The number of esters is 1. The molecule has 28 heavy (non-hydrogen) atoms. The van der Waals surface area contributed by atoms with Gasteiger partial charge in [-0.2, -0.15) is 8.78 Å². The highest BCUT2D eigenvalue weighted by Crippen LogP contribution is 2.19. The van der Waals surface area contributed by atoms with Crippen molar-refractivity contribution in [1.82, 2.24) is 4.72 Å². The molecule has 2 rings (SSSR count). The van der Waals surface area contributed by atoms with Gasteiger partial charge in [-0.25, -0.2) is 26.4 Å². The van der Waals surface area contributed by atoms with Crippen molar-refractivity contribution in [1.29, 1.82) is 0 Å². The van der Waals surface area contributed by atoms with Crippen LogP contribution >= 0.6 is 0 Å². The minimum Gasteiger partial charge on any atom is -0.461 e. The minimum absolute atomic E-state index is 0.0605. The van der Waals surface area contributed by atoms with Crippen LogP contribution in [0.5, 0.6) is 0 Å². The third-order valence-corrected chi connectivity index (χ3v) is 6.49. The Balaban J connectivity index is 1.90. The van der Waals surface area contributed by atoms with Gasteiger partial charge in [0.05, 0.1) is 15.4 Å². The smallest absolute Gasteiger partial charge is 0.341 e. The Labute approximate surface area is 161 Å². The number of alkyl halides is 2. The van der Waals surface area contributed by atoms with Gasteiger partial charge < -0.3 is 4.74 Å². The fraction of sp³-hybridized carbons (Fsp3) is 0.235. The number of aryl methyl sites for hydroxylation is 1. The lowest BCUT2D eigenvalue weighted by Crippen LogP contribution is -2.28. The maximum absolute atomic E-state index is 12.5. The fourth-order valence-corrected chi connectivity index (χ4v) is 3.82. The molecule has 0 aliphatic heterocycles. The number of halogens is 2. The zero-order chi connectivity index (χ0) is 20.9. The second-order valence-corrected chi connectivity index (χ2v) is 9.36. The predicted octanol–water partition coefficient (Wildman–Crippen LogP) is 2.13. The van der Waals surface area contributed by atoms with Gasteiger partial charge in [0, 0.05) is 6.54 Å². The lowest BCUT2D eigenvalue weighted by atomic mass is 10.2. The van der Waals surface area contributed by atoms with Gasteiger partial charge in [-0.15, -0.1) is 0 Å². The standard InChI is InChI=1S/C17H17F2NO6S2/c1-12-2-6-15(7-3-12)28(24,25)20-10-11-26-16(21)13-4-8-14(9-5-13)27(22,23)17(18)19/h2-9,17,20H,10-11H2,1H3. The molecule has 11 heteroatoms. The van der Waals surface area contributed by atoms with E-state index in [1.54, 1.807) is 12.1 Å². The topological polar surface area (TPSA) is 107 Å². The van der Waals surface area contributed by atoms with Gasteiger partial charge in [0.2, 0.25) is 19.9 Å². The molecule has 152 valence electrons. The van der Waals surface area contributed by atoms with Gasteiger partial charge in [0.15, 0.2) is 0 Å². The Morgan fingerprint density at radius 3 is 2.04 bits per heavy atom. The molecule has 0 heterocycles. The van der Waals surface area contributed by atoms with Crippen LogP contribution in [0, 0.1) is 6.92 Å². The van der Waals surface area contributed by atoms with E-state index in [2.05, 4.69) is 4.72 Å². The van der Waals surface area contributed by atoms with E-state index in [0.29, 0.717) is 0 Å². The van der Waals surface area contributed by atoms with E-state index in [1.165, 1.54) is 12.1 Å². The van der Waals surface area contributed by atoms with E-state index in [4.69, 9.17) is 4.74 Å². The molecule has 1 N–H and O–H groups in total. The van der Waals surface area contributed by atoms with Crippen LogP contribution < -0.4 is 4.72 Å². The zero-order valence-corrected chi connectivity index (χ0v) is 16.3. The average molecular weight is 433 g/mol. The van der Waals surface area contributed by atoms with Gasteiger partial charge in [-0.05, 0) is 43.3 Å². The minimum atomic E-state index is -4.75. The molecule has 7 nitrogen and oxygen atoms in total. The summed E-state index contributed by atoms with van der Waals surface area (Å²) in [5.41, 5.74) is 0.842. The number of sulfonamides is 1. The lowest BCUT2D eigenvalue weighted by molar-refractivity contribution is 0.0513. The van der Waals surface area contributed by atoms with Crippen LogP contribution in [0.4, 0.5) is 8.78 Å². The number of benzene rings is 2. The first-order chi connectivity index (χ1) is 13.0. The third-order valence-electron chi connectivity index (χ3n) is 3.61.